The quantitative estimate of drug-likeness (QED) is 0.686. The third kappa shape index (κ3) is 2.73. The molecule has 0 amide bonds. The smallest absolute Gasteiger partial charge is 0.345 e. The summed E-state index contributed by atoms with van der Waals surface area (Å²) in [6.07, 6.45) is 3.06. The van der Waals surface area contributed by atoms with Crippen molar-refractivity contribution in [3.63, 3.8) is 0 Å². The van der Waals surface area contributed by atoms with Gasteiger partial charge in [-0.3, -0.25) is 10.1 Å². The fourth-order valence-electron chi connectivity index (χ4n) is 2.48. The van der Waals surface area contributed by atoms with Gasteiger partial charge in [0.15, 0.2) is 5.13 Å². The van der Waals surface area contributed by atoms with Crippen LogP contribution >= 0.6 is 11.3 Å². The van der Waals surface area contributed by atoms with Gasteiger partial charge in [0.25, 0.3) is 0 Å². The molecule has 21 heavy (non-hydrogen) atoms. The van der Waals surface area contributed by atoms with Crippen molar-refractivity contribution in [2.75, 3.05) is 5.32 Å². The summed E-state index contributed by atoms with van der Waals surface area (Å²) < 4.78 is 2.15. The highest BCUT2D eigenvalue weighted by molar-refractivity contribution is 7.18. The fraction of sp³-hybridized carbons (Fsp3) is 0.583. The van der Waals surface area contributed by atoms with E-state index in [0.717, 1.165) is 42.4 Å². The Morgan fingerprint density at radius 3 is 3.00 bits per heavy atom. The number of nitrogens with one attached hydrogen (secondary N) is 1. The summed E-state index contributed by atoms with van der Waals surface area (Å²) in [6, 6.07) is 0.191. The van der Waals surface area contributed by atoms with Crippen molar-refractivity contribution in [1.29, 1.82) is 0 Å². The standard InChI is InChI=1S/C12H16N6O2S/c1-7(2)11-16-15-9-4-3-8(6-17(9)11)14-12-13-5-10(21-12)18(19)20/h5,7-8H,3-4,6H2,1-2H3,(H,13,14). The van der Waals surface area contributed by atoms with Gasteiger partial charge in [-0.05, 0) is 17.8 Å². The van der Waals surface area contributed by atoms with E-state index in [1.165, 1.54) is 6.20 Å². The van der Waals surface area contributed by atoms with E-state index in [1.54, 1.807) is 0 Å². The maximum absolute atomic E-state index is 10.7. The highest BCUT2D eigenvalue weighted by Gasteiger charge is 2.25. The first-order valence-corrected chi connectivity index (χ1v) is 7.65. The number of nitrogens with zero attached hydrogens (tertiary/aromatic N) is 5. The number of thiazole rings is 1. The first kappa shape index (κ1) is 13.9. The predicted octanol–water partition coefficient (Wildman–Crippen LogP) is 2.19. The van der Waals surface area contributed by atoms with Crippen molar-refractivity contribution >= 4 is 21.5 Å². The average Bonchev–Trinajstić information content (AvgIpc) is 3.04. The van der Waals surface area contributed by atoms with E-state index in [2.05, 4.69) is 38.9 Å². The van der Waals surface area contributed by atoms with Gasteiger partial charge in [-0.1, -0.05) is 13.8 Å². The fourth-order valence-corrected chi connectivity index (χ4v) is 3.19. The van der Waals surface area contributed by atoms with E-state index < -0.39 is 4.92 Å². The lowest BCUT2D eigenvalue weighted by atomic mass is 10.1. The largest absolute Gasteiger partial charge is 0.357 e. The molecule has 8 nitrogen and oxygen atoms in total. The number of rotatable bonds is 4. The summed E-state index contributed by atoms with van der Waals surface area (Å²) in [5.41, 5.74) is 0. The van der Waals surface area contributed by atoms with Crippen molar-refractivity contribution in [3.8, 4) is 0 Å². The number of aromatic nitrogens is 4. The molecular weight excluding hydrogens is 292 g/mol. The van der Waals surface area contributed by atoms with Crippen LogP contribution < -0.4 is 5.32 Å². The number of aryl methyl sites for hydroxylation is 1. The number of hydrogen-bond donors (Lipinski definition) is 1. The second-order valence-corrected chi connectivity index (χ2v) is 6.39. The molecule has 9 heteroatoms. The van der Waals surface area contributed by atoms with Crippen LogP contribution in [-0.2, 0) is 13.0 Å². The molecule has 0 aliphatic carbocycles. The Labute approximate surface area is 125 Å². The summed E-state index contributed by atoms with van der Waals surface area (Å²) in [5.74, 6) is 2.33. The van der Waals surface area contributed by atoms with Crippen molar-refractivity contribution in [2.24, 2.45) is 0 Å². The van der Waals surface area contributed by atoms with Crippen LogP contribution in [-0.4, -0.2) is 30.7 Å². The average molecular weight is 308 g/mol. The van der Waals surface area contributed by atoms with Gasteiger partial charge in [0.2, 0.25) is 0 Å². The Morgan fingerprint density at radius 2 is 2.33 bits per heavy atom. The Bertz CT molecular complexity index is 665. The van der Waals surface area contributed by atoms with E-state index in [1.807, 2.05) is 0 Å². The molecule has 1 unspecified atom stereocenters. The monoisotopic (exact) mass is 308 g/mol. The second kappa shape index (κ2) is 5.40. The third-order valence-corrected chi connectivity index (χ3v) is 4.37. The van der Waals surface area contributed by atoms with E-state index in [4.69, 9.17) is 0 Å². The SMILES string of the molecule is CC(C)c1nnc2n1CC(Nc1ncc([N+](=O)[O-])s1)CC2. The maximum atomic E-state index is 10.7. The molecule has 1 aliphatic heterocycles. The molecule has 0 radical (unpaired) electrons. The lowest BCUT2D eigenvalue weighted by Crippen LogP contribution is -2.32. The molecular formula is C12H16N6O2S. The molecule has 0 aromatic carbocycles. The number of anilines is 1. The summed E-state index contributed by atoms with van der Waals surface area (Å²) in [7, 11) is 0. The molecule has 3 rings (SSSR count). The van der Waals surface area contributed by atoms with Crippen LogP contribution in [0.2, 0.25) is 0 Å². The molecule has 0 spiro atoms. The van der Waals surface area contributed by atoms with E-state index in [-0.39, 0.29) is 11.0 Å². The van der Waals surface area contributed by atoms with Crippen LogP contribution in [0.3, 0.4) is 0 Å². The molecule has 0 saturated heterocycles. The van der Waals surface area contributed by atoms with Gasteiger partial charge in [-0.25, -0.2) is 4.98 Å². The Morgan fingerprint density at radius 1 is 1.52 bits per heavy atom. The first-order valence-electron chi connectivity index (χ1n) is 6.83. The number of nitro groups is 1. The lowest BCUT2D eigenvalue weighted by Gasteiger charge is -2.25. The maximum Gasteiger partial charge on any atom is 0.345 e. The summed E-state index contributed by atoms with van der Waals surface area (Å²) in [5, 5.41) is 23.1. The van der Waals surface area contributed by atoms with Crippen molar-refractivity contribution in [1.82, 2.24) is 19.7 Å². The summed E-state index contributed by atoms with van der Waals surface area (Å²) in [4.78, 5) is 14.3. The van der Waals surface area contributed by atoms with Crippen LogP contribution in [0.15, 0.2) is 6.20 Å². The van der Waals surface area contributed by atoms with Gasteiger partial charge in [-0.2, -0.15) is 0 Å². The normalized spacial score (nSPS) is 17.8. The Hall–Kier alpha value is -2.03. The molecule has 2 aromatic rings. The molecule has 1 aliphatic rings. The van der Waals surface area contributed by atoms with Crippen LogP contribution in [0.1, 0.15) is 37.8 Å². The molecule has 3 heterocycles. The van der Waals surface area contributed by atoms with Crippen LogP contribution in [0.5, 0.6) is 0 Å². The minimum absolute atomic E-state index is 0.0566. The van der Waals surface area contributed by atoms with Crippen molar-refractivity contribution < 1.29 is 4.92 Å². The van der Waals surface area contributed by atoms with Gasteiger partial charge in [-0.15, -0.1) is 10.2 Å². The van der Waals surface area contributed by atoms with E-state index in [9.17, 15) is 10.1 Å². The van der Waals surface area contributed by atoms with Gasteiger partial charge in [0, 0.05) is 24.9 Å². The van der Waals surface area contributed by atoms with Crippen LogP contribution in [0.4, 0.5) is 10.1 Å². The number of hydrogen-bond acceptors (Lipinski definition) is 7. The molecule has 1 N–H and O–H groups in total. The highest BCUT2D eigenvalue weighted by Crippen LogP contribution is 2.28. The number of fused-ring (bicyclic) bond motifs is 1. The van der Waals surface area contributed by atoms with Gasteiger partial charge in [0.05, 0.1) is 4.92 Å². The first-order chi connectivity index (χ1) is 10.0. The minimum atomic E-state index is -0.418. The minimum Gasteiger partial charge on any atom is -0.357 e. The van der Waals surface area contributed by atoms with Gasteiger partial charge < -0.3 is 9.88 Å². The van der Waals surface area contributed by atoms with Crippen molar-refractivity contribution in [3.05, 3.63) is 28.0 Å². The van der Waals surface area contributed by atoms with Crippen molar-refractivity contribution in [2.45, 2.75) is 45.2 Å². The second-order valence-electron chi connectivity index (χ2n) is 5.38. The zero-order chi connectivity index (χ0) is 15.0. The van der Waals surface area contributed by atoms with Gasteiger partial charge in [0.1, 0.15) is 17.8 Å². The summed E-state index contributed by atoms with van der Waals surface area (Å²) in [6.45, 7) is 4.96. The molecule has 0 bridgehead atoms. The van der Waals surface area contributed by atoms with Gasteiger partial charge >= 0.3 is 5.00 Å². The highest BCUT2D eigenvalue weighted by atomic mass is 32.1. The molecule has 1 atom stereocenters. The molecule has 112 valence electrons. The van der Waals surface area contributed by atoms with Crippen LogP contribution in [0.25, 0.3) is 0 Å². The third-order valence-electron chi connectivity index (χ3n) is 3.49. The zero-order valence-electron chi connectivity index (χ0n) is 11.8. The molecule has 0 fully saturated rings. The topological polar surface area (TPSA) is 98.8 Å². The predicted molar refractivity (Wildman–Crippen MR) is 78.6 cm³/mol. The molecule has 2 aromatic heterocycles. The lowest BCUT2D eigenvalue weighted by molar-refractivity contribution is -0.380. The molecule has 0 saturated carbocycles. The van der Waals surface area contributed by atoms with E-state index >= 15 is 0 Å². The van der Waals surface area contributed by atoms with Crippen LogP contribution in [0, 0.1) is 10.1 Å². The Kier molecular flexibility index (Phi) is 3.58. The summed E-state index contributed by atoms with van der Waals surface area (Å²) >= 11 is 1.07. The van der Waals surface area contributed by atoms with E-state index in [0.29, 0.717) is 11.0 Å². The zero-order valence-corrected chi connectivity index (χ0v) is 12.6. The Balaban J connectivity index is 1.73.